The minimum absolute atomic E-state index is 0.0832. The van der Waals surface area contributed by atoms with Crippen LogP contribution in [0.2, 0.25) is 0 Å². The summed E-state index contributed by atoms with van der Waals surface area (Å²) in [6, 6.07) is 9.26. The van der Waals surface area contributed by atoms with Crippen LogP contribution in [0, 0.1) is 11.7 Å². The van der Waals surface area contributed by atoms with Gasteiger partial charge in [-0.15, -0.1) is 0 Å². The predicted molar refractivity (Wildman–Crippen MR) is 218 cm³/mol. The van der Waals surface area contributed by atoms with Crippen LogP contribution in [0.3, 0.4) is 0 Å². The number of urea groups is 1. The lowest BCUT2D eigenvalue weighted by Gasteiger charge is -2.37. The van der Waals surface area contributed by atoms with E-state index in [1.165, 1.54) is 21.6 Å². The topological polar surface area (TPSA) is 149 Å². The van der Waals surface area contributed by atoms with E-state index in [1.54, 1.807) is 36.1 Å². The van der Waals surface area contributed by atoms with Crippen molar-refractivity contribution < 1.29 is 27.9 Å². The molecule has 2 atom stereocenters. The molecule has 2 saturated heterocycles. The molecule has 0 radical (unpaired) electrons. The minimum Gasteiger partial charge on any atom is -0.490 e. The fourth-order valence-electron chi connectivity index (χ4n) is 9.22. The molecule has 9 rings (SSSR count). The Hall–Kier alpha value is -5.64. The van der Waals surface area contributed by atoms with Gasteiger partial charge in [0.2, 0.25) is 5.91 Å². The van der Waals surface area contributed by atoms with Crippen LogP contribution in [-0.4, -0.2) is 85.3 Å². The molecule has 16 heteroatoms. The molecule has 2 aromatic carbocycles. The Balaban J connectivity index is 0.816. The van der Waals surface area contributed by atoms with E-state index in [-0.39, 0.29) is 48.4 Å². The summed E-state index contributed by atoms with van der Waals surface area (Å²) in [6.45, 7) is 6.75. The molecule has 4 amide bonds. The number of aryl methyl sites for hydroxylation is 1. The summed E-state index contributed by atoms with van der Waals surface area (Å²) >= 11 is 0. The average Bonchev–Trinajstić information content (AvgIpc) is 3.64. The quantitative estimate of drug-likeness (QED) is 0.160. The van der Waals surface area contributed by atoms with Crippen molar-refractivity contribution in [3.8, 4) is 5.75 Å². The number of amides is 4. The van der Waals surface area contributed by atoms with Crippen molar-refractivity contribution in [3.63, 3.8) is 0 Å². The zero-order chi connectivity index (χ0) is 41.1. The van der Waals surface area contributed by atoms with Gasteiger partial charge in [-0.25, -0.2) is 13.6 Å². The van der Waals surface area contributed by atoms with E-state index in [0.717, 1.165) is 74.6 Å². The first kappa shape index (κ1) is 38.9. The Labute approximate surface area is 339 Å². The fraction of sp³-hybridized carbons (Fsp3) is 0.488. The number of pyridine rings is 1. The maximum Gasteiger partial charge on any atom is 0.329 e. The highest BCUT2D eigenvalue weighted by atomic mass is 19.1. The Kier molecular flexibility index (Phi) is 10.2. The number of benzene rings is 2. The molecular weight excluding hydrogens is 761 g/mol. The molecule has 2 aliphatic heterocycles. The van der Waals surface area contributed by atoms with Crippen molar-refractivity contribution >= 4 is 51.2 Å². The number of hydrogen-bond acceptors (Lipinski definition) is 8. The number of hydrogen-bond donors (Lipinski definition) is 2. The van der Waals surface area contributed by atoms with Crippen LogP contribution < -0.4 is 25.8 Å². The summed E-state index contributed by atoms with van der Waals surface area (Å²) in [5.41, 5.74) is 2.09. The summed E-state index contributed by atoms with van der Waals surface area (Å²) in [4.78, 5) is 54.7. The number of fused-ring (bicyclic) bond motifs is 2. The number of likely N-dealkylation sites (tertiary alicyclic amines) is 1. The molecule has 5 heterocycles. The first-order valence-corrected chi connectivity index (χ1v) is 20.8. The van der Waals surface area contributed by atoms with Gasteiger partial charge in [0.05, 0.1) is 34.8 Å². The second-order valence-electron chi connectivity index (χ2n) is 16.9. The smallest absolute Gasteiger partial charge is 0.329 e. The Morgan fingerprint density at radius 2 is 1.78 bits per heavy atom. The van der Waals surface area contributed by atoms with Crippen molar-refractivity contribution in [3.05, 3.63) is 76.1 Å². The molecule has 59 heavy (non-hydrogen) atoms. The highest BCUT2D eigenvalue weighted by molar-refractivity contribution is 6.09. The van der Waals surface area contributed by atoms with Crippen LogP contribution in [0.4, 0.5) is 25.1 Å². The van der Waals surface area contributed by atoms with E-state index in [0.29, 0.717) is 40.4 Å². The van der Waals surface area contributed by atoms with E-state index < -0.39 is 29.7 Å². The van der Waals surface area contributed by atoms with Crippen LogP contribution in [0.1, 0.15) is 99.1 Å². The first-order valence-electron chi connectivity index (χ1n) is 20.8. The molecule has 4 fully saturated rings. The van der Waals surface area contributed by atoms with Crippen LogP contribution >= 0.6 is 0 Å². The average molecular weight is 810 g/mol. The Morgan fingerprint density at radius 1 is 1.02 bits per heavy atom. The standard InChI is InChI=1S/C43H49F2N9O5/c1-24(2)59-38-21-35-27(17-31(38)41(56)46-34-5-4-13-52(42(34)57)37-20-33(37)45)23-54(48-35)28-8-6-25(7-9-28)22-51-14-10-26(11-15-51)29-19-36-30(18-32(29)44)40(49-50(36)3)53-16-12-39(55)47-43(53)58/h4-5,13,17-19,21,23-26,28,33,37H,6-12,14-16,20,22H2,1-3H3,(H,46,56)(H,47,55,58)/t25-,28-,33-,37+/m1/s1. The SMILES string of the molecule is CC(C)Oc1cc2nn([C@H]3CC[C@H](CN4CCC(c5cc6c(cc5F)c(N5CCC(=O)NC5=O)nn6C)CC4)CC3)cc2cc1C(=O)Nc1cccn([C@H]2C[C@H]2F)c1=O. The van der Waals surface area contributed by atoms with Crippen LogP contribution in [-0.2, 0) is 11.8 Å². The Morgan fingerprint density at radius 3 is 2.49 bits per heavy atom. The maximum atomic E-state index is 15.7. The highest BCUT2D eigenvalue weighted by Gasteiger charge is 2.40. The number of imide groups is 1. The van der Waals surface area contributed by atoms with Gasteiger partial charge in [-0.2, -0.15) is 10.2 Å². The molecule has 2 aliphatic carbocycles. The van der Waals surface area contributed by atoms with Crippen molar-refractivity contribution in [2.45, 2.75) is 95.5 Å². The number of piperidine rings is 1. The third kappa shape index (κ3) is 7.70. The largest absolute Gasteiger partial charge is 0.490 e. The predicted octanol–water partition coefficient (Wildman–Crippen LogP) is 6.60. The lowest BCUT2D eigenvalue weighted by Crippen LogP contribution is -2.49. The molecule has 14 nitrogen and oxygen atoms in total. The molecule has 3 aromatic heterocycles. The van der Waals surface area contributed by atoms with Gasteiger partial charge in [0, 0.05) is 62.2 Å². The number of aromatic nitrogens is 5. The van der Waals surface area contributed by atoms with Gasteiger partial charge in [-0.3, -0.25) is 34.0 Å². The second kappa shape index (κ2) is 15.5. The normalized spacial score (nSPS) is 23.0. The van der Waals surface area contributed by atoms with Crippen molar-refractivity contribution in [1.29, 1.82) is 0 Å². The number of nitrogens with one attached hydrogen (secondary N) is 2. The molecule has 2 N–H and O–H groups in total. The summed E-state index contributed by atoms with van der Waals surface area (Å²) in [6.07, 6.45) is 8.52. The number of carbonyl (C=O) groups is 3. The molecule has 310 valence electrons. The summed E-state index contributed by atoms with van der Waals surface area (Å²) in [5, 5.41) is 15.9. The first-order chi connectivity index (χ1) is 28.4. The monoisotopic (exact) mass is 809 g/mol. The van der Waals surface area contributed by atoms with E-state index in [1.807, 2.05) is 30.8 Å². The van der Waals surface area contributed by atoms with Crippen LogP contribution in [0.15, 0.2) is 53.6 Å². The summed E-state index contributed by atoms with van der Waals surface area (Å²) in [7, 11) is 1.79. The van der Waals surface area contributed by atoms with Gasteiger partial charge in [0.1, 0.15) is 23.4 Å². The second-order valence-corrected chi connectivity index (χ2v) is 16.9. The fourth-order valence-corrected chi connectivity index (χ4v) is 9.22. The number of ether oxygens (including phenoxy) is 1. The molecule has 4 aliphatic rings. The van der Waals surface area contributed by atoms with E-state index in [4.69, 9.17) is 9.84 Å². The third-order valence-electron chi connectivity index (χ3n) is 12.5. The van der Waals surface area contributed by atoms with E-state index in [9.17, 15) is 23.6 Å². The third-order valence-corrected chi connectivity index (χ3v) is 12.5. The summed E-state index contributed by atoms with van der Waals surface area (Å²) in [5.74, 6) is 0.257. The lowest BCUT2D eigenvalue weighted by molar-refractivity contribution is -0.120. The highest BCUT2D eigenvalue weighted by Crippen LogP contribution is 2.39. The van der Waals surface area contributed by atoms with Crippen LogP contribution in [0.25, 0.3) is 21.8 Å². The number of alkyl halides is 1. The van der Waals surface area contributed by atoms with E-state index in [2.05, 4.69) is 20.6 Å². The lowest BCUT2D eigenvalue weighted by atomic mass is 9.84. The zero-order valence-electron chi connectivity index (χ0n) is 33.5. The zero-order valence-corrected chi connectivity index (χ0v) is 33.5. The number of rotatable bonds is 10. The van der Waals surface area contributed by atoms with Gasteiger partial charge < -0.3 is 19.5 Å². The van der Waals surface area contributed by atoms with Gasteiger partial charge in [-0.1, -0.05) is 0 Å². The van der Waals surface area contributed by atoms with Crippen LogP contribution in [0.5, 0.6) is 5.75 Å². The van der Waals surface area contributed by atoms with Gasteiger partial charge in [0.15, 0.2) is 5.82 Å². The number of anilines is 2. The molecule has 2 saturated carbocycles. The van der Waals surface area contributed by atoms with Gasteiger partial charge in [0.25, 0.3) is 11.5 Å². The van der Waals surface area contributed by atoms with Crippen molar-refractivity contribution in [1.82, 2.24) is 34.3 Å². The van der Waals surface area contributed by atoms with Crippen molar-refractivity contribution in [2.24, 2.45) is 13.0 Å². The maximum absolute atomic E-state index is 15.7. The molecular formula is C43H49F2N9O5. The van der Waals surface area contributed by atoms with E-state index >= 15 is 4.39 Å². The van der Waals surface area contributed by atoms with Crippen molar-refractivity contribution in [2.75, 3.05) is 36.4 Å². The minimum atomic E-state index is -1.05. The number of carbonyl (C=O) groups excluding carboxylic acids is 3. The van der Waals surface area contributed by atoms with Gasteiger partial charge in [-0.05, 0) is 113 Å². The molecule has 5 aromatic rings. The summed E-state index contributed by atoms with van der Waals surface area (Å²) < 4.78 is 40.6. The number of nitrogens with zero attached hydrogens (tertiary/aromatic N) is 7. The molecule has 0 bridgehead atoms. The number of halogens is 2. The Bertz CT molecular complexity index is 2510. The molecule has 0 spiro atoms. The molecule has 0 unspecified atom stereocenters. The van der Waals surface area contributed by atoms with Gasteiger partial charge >= 0.3 is 6.03 Å².